The monoisotopic (exact) mass is 330 g/mol. The first-order valence-corrected chi connectivity index (χ1v) is 8.65. The van der Waals surface area contributed by atoms with E-state index in [2.05, 4.69) is 4.72 Å². The van der Waals surface area contributed by atoms with E-state index in [1.54, 1.807) is 24.3 Å². The number of hydrogen-bond acceptors (Lipinski definition) is 4. The number of nitrogens with one attached hydrogen (secondary N) is 1. The third-order valence-corrected chi connectivity index (χ3v) is 4.04. The van der Waals surface area contributed by atoms with E-state index in [1.165, 1.54) is 0 Å². The molecule has 0 aliphatic carbocycles. The molecule has 21 heavy (non-hydrogen) atoms. The molecular formula is C14H22N2O3S2. The first kappa shape index (κ1) is 17.7. The van der Waals surface area contributed by atoms with Crippen molar-refractivity contribution in [1.82, 2.24) is 0 Å². The molecule has 0 bridgehead atoms. The van der Waals surface area contributed by atoms with Crippen LogP contribution in [0.4, 0.5) is 5.69 Å². The van der Waals surface area contributed by atoms with Crippen molar-refractivity contribution in [2.45, 2.75) is 27.2 Å². The van der Waals surface area contributed by atoms with Crippen LogP contribution >= 0.6 is 12.2 Å². The maximum atomic E-state index is 12.0. The first-order valence-electron chi connectivity index (χ1n) is 6.59. The van der Waals surface area contributed by atoms with Gasteiger partial charge in [-0.1, -0.05) is 33.0 Å². The maximum absolute atomic E-state index is 12.0. The van der Waals surface area contributed by atoms with E-state index in [9.17, 15) is 8.42 Å². The highest BCUT2D eigenvalue weighted by atomic mass is 32.2. The first-order chi connectivity index (χ1) is 9.57. The summed E-state index contributed by atoms with van der Waals surface area (Å²) in [5, 5.41) is 0. The lowest BCUT2D eigenvalue weighted by atomic mass is 9.94. The fraction of sp³-hybridized carbons (Fsp3) is 0.500. The van der Waals surface area contributed by atoms with Gasteiger partial charge in [0.15, 0.2) is 0 Å². The molecule has 0 spiro atoms. The smallest absolute Gasteiger partial charge is 0.232 e. The van der Waals surface area contributed by atoms with Crippen molar-refractivity contribution in [1.29, 1.82) is 0 Å². The topological polar surface area (TPSA) is 81.4 Å². The predicted molar refractivity (Wildman–Crippen MR) is 90.2 cm³/mol. The van der Waals surface area contributed by atoms with E-state index in [1.807, 2.05) is 20.8 Å². The van der Waals surface area contributed by atoms with Gasteiger partial charge in [0.05, 0.1) is 5.75 Å². The Hall–Kier alpha value is -1.34. The largest absolute Gasteiger partial charge is 0.487 e. The van der Waals surface area contributed by atoms with Crippen LogP contribution < -0.4 is 15.2 Å². The minimum absolute atomic E-state index is 0.0207. The fourth-order valence-corrected chi connectivity index (χ4v) is 2.98. The van der Waals surface area contributed by atoms with Crippen LogP contribution in [0.2, 0.25) is 0 Å². The second-order valence-corrected chi connectivity index (χ2v) is 8.38. The standard InChI is InChI=1S/C14H22N2O3S2/c1-14(2,3)8-9-21(17,18)16-11-4-6-12(7-5-11)19-10-13(15)20/h4-7,16H,8-10H2,1-3H3,(H2,15,20). The molecule has 7 heteroatoms. The Morgan fingerprint density at radius 3 is 2.33 bits per heavy atom. The average Bonchev–Trinajstić information content (AvgIpc) is 2.35. The lowest BCUT2D eigenvalue weighted by molar-refractivity contribution is 0.377. The molecule has 1 aromatic rings. The minimum Gasteiger partial charge on any atom is -0.487 e. The van der Waals surface area contributed by atoms with Gasteiger partial charge in [0.25, 0.3) is 0 Å². The Morgan fingerprint density at radius 2 is 1.86 bits per heavy atom. The van der Waals surface area contributed by atoms with Crippen LogP contribution in [0.15, 0.2) is 24.3 Å². The highest BCUT2D eigenvalue weighted by Crippen LogP contribution is 2.21. The molecule has 0 aromatic heterocycles. The summed E-state index contributed by atoms with van der Waals surface area (Å²) in [6, 6.07) is 6.62. The second kappa shape index (κ2) is 7.09. The summed E-state index contributed by atoms with van der Waals surface area (Å²) in [6.45, 7) is 6.19. The second-order valence-electron chi connectivity index (χ2n) is 6.01. The highest BCUT2D eigenvalue weighted by molar-refractivity contribution is 7.92. The third-order valence-electron chi connectivity index (χ3n) is 2.63. The van der Waals surface area contributed by atoms with Gasteiger partial charge in [0.2, 0.25) is 10.0 Å². The lowest BCUT2D eigenvalue weighted by Gasteiger charge is -2.18. The van der Waals surface area contributed by atoms with Gasteiger partial charge in [-0.3, -0.25) is 4.72 Å². The van der Waals surface area contributed by atoms with Gasteiger partial charge in [-0.05, 0) is 36.1 Å². The number of nitrogens with two attached hydrogens (primary N) is 1. The van der Waals surface area contributed by atoms with Crippen molar-refractivity contribution < 1.29 is 13.2 Å². The summed E-state index contributed by atoms with van der Waals surface area (Å²) in [7, 11) is -3.34. The molecule has 0 fully saturated rings. The molecule has 1 aromatic carbocycles. The van der Waals surface area contributed by atoms with Crippen LogP contribution in [-0.4, -0.2) is 25.8 Å². The predicted octanol–water partition coefficient (Wildman–Crippen LogP) is 2.53. The molecule has 1 rings (SSSR count). The number of anilines is 1. The van der Waals surface area contributed by atoms with Crippen molar-refractivity contribution >= 4 is 32.9 Å². The number of sulfonamides is 1. The van der Waals surface area contributed by atoms with E-state index < -0.39 is 10.0 Å². The average molecular weight is 330 g/mol. The van der Waals surface area contributed by atoms with E-state index in [4.69, 9.17) is 22.7 Å². The van der Waals surface area contributed by atoms with Crippen LogP contribution in [0.5, 0.6) is 5.75 Å². The zero-order valence-corrected chi connectivity index (χ0v) is 14.2. The molecule has 3 N–H and O–H groups in total. The van der Waals surface area contributed by atoms with E-state index >= 15 is 0 Å². The van der Waals surface area contributed by atoms with Crippen molar-refractivity contribution in [3.63, 3.8) is 0 Å². The van der Waals surface area contributed by atoms with Gasteiger partial charge >= 0.3 is 0 Å². The summed E-state index contributed by atoms with van der Waals surface area (Å²) in [5.41, 5.74) is 5.82. The van der Waals surface area contributed by atoms with Crippen LogP contribution in [0.25, 0.3) is 0 Å². The maximum Gasteiger partial charge on any atom is 0.232 e. The number of rotatable bonds is 7. The van der Waals surface area contributed by atoms with Crippen molar-refractivity contribution in [2.75, 3.05) is 17.1 Å². The van der Waals surface area contributed by atoms with E-state index in [-0.39, 0.29) is 22.8 Å². The Morgan fingerprint density at radius 1 is 1.29 bits per heavy atom. The number of ether oxygens (including phenoxy) is 1. The normalized spacial score (nSPS) is 12.0. The number of benzene rings is 1. The molecular weight excluding hydrogens is 308 g/mol. The van der Waals surface area contributed by atoms with Crippen molar-refractivity contribution in [2.24, 2.45) is 11.1 Å². The molecule has 0 aliphatic heterocycles. The zero-order chi connectivity index (χ0) is 16.1. The molecule has 118 valence electrons. The Kier molecular flexibility index (Phi) is 5.98. The molecule has 0 amide bonds. The third kappa shape index (κ3) is 7.87. The molecule has 0 heterocycles. The van der Waals surface area contributed by atoms with E-state index in [0.717, 1.165) is 0 Å². The molecule has 0 radical (unpaired) electrons. The van der Waals surface area contributed by atoms with Gasteiger partial charge in [0, 0.05) is 5.69 Å². The van der Waals surface area contributed by atoms with Gasteiger partial charge in [-0.25, -0.2) is 8.42 Å². The molecule has 0 atom stereocenters. The van der Waals surface area contributed by atoms with Crippen molar-refractivity contribution in [3.8, 4) is 5.75 Å². The van der Waals surface area contributed by atoms with Crippen molar-refractivity contribution in [3.05, 3.63) is 24.3 Å². The summed E-state index contributed by atoms with van der Waals surface area (Å²) in [5.74, 6) is 0.677. The number of hydrogen-bond donors (Lipinski definition) is 2. The Balaban J connectivity index is 2.60. The van der Waals surface area contributed by atoms with E-state index in [0.29, 0.717) is 17.9 Å². The molecule has 0 unspecified atom stereocenters. The van der Waals surface area contributed by atoms with Crippen LogP contribution in [0, 0.1) is 5.41 Å². The summed E-state index contributed by atoms with van der Waals surface area (Å²) < 4.78 is 31.8. The van der Waals surface area contributed by atoms with Gasteiger partial charge in [-0.2, -0.15) is 0 Å². The molecule has 0 saturated carbocycles. The summed E-state index contributed by atoms with van der Waals surface area (Å²) >= 11 is 4.71. The fourth-order valence-electron chi connectivity index (χ4n) is 1.44. The number of thiocarbonyl (C=S) groups is 1. The lowest BCUT2D eigenvalue weighted by Crippen LogP contribution is -2.21. The van der Waals surface area contributed by atoms with Crippen LogP contribution in [0.3, 0.4) is 0 Å². The van der Waals surface area contributed by atoms with Crippen LogP contribution in [-0.2, 0) is 10.0 Å². The SMILES string of the molecule is CC(C)(C)CCS(=O)(=O)Nc1ccc(OCC(N)=S)cc1. The Bertz CT molecular complexity index is 575. The quantitative estimate of drug-likeness (QED) is 0.751. The molecule has 0 aliphatic rings. The van der Waals surface area contributed by atoms with Gasteiger partial charge in [0.1, 0.15) is 17.3 Å². The summed E-state index contributed by atoms with van der Waals surface area (Å²) in [6.07, 6.45) is 0.595. The molecule has 5 nitrogen and oxygen atoms in total. The zero-order valence-electron chi connectivity index (χ0n) is 12.5. The van der Waals surface area contributed by atoms with Gasteiger partial charge < -0.3 is 10.5 Å². The van der Waals surface area contributed by atoms with Gasteiger partial charge in [-0.15, -0.1) is 0 Å². The minimum atomic E-state index is -3.34. The van der Waals surface area contributed by atoms with Crippen LogP contribution in [0.1, 0.15) is 27.2 Å². The Labute approximate surface area is 131 Å². The highest BCUT2D eigenvalue weighted by Gasteiger charge is 2.17. The summed E-state index contributed by atoms with van der Waals surface area (Å²) in [4.78, 5) is 0.266. The molecule has 0 saturated heterocycles.